The van der Waals surface area contributed by atoms with Gasteiger partial charge >= 0.3 is 0 Å². The summed E-state index contributed by atoms with van der Waals surface area (Å²) in [5.74, 6) is -0.0632. The molecule has 1 aromatic heterocycles. The molecule has 0 atom stereocenters. The van der Waals surface area contributed by atoms with Crippen molar-refractivity contribution in [2.24, 2.45) is 5.73 Å². The Morgan fingerprint density at radius 1 is 1.41 bits per heavy atom. The number of hydrogen-bond donors (Lipinski definition) is 2. The molecular weight excluding hydrogens is 259 g/mol. The molecule has 1 heterocycles. The van der Waals surface area contributed by atoms with Crippen LogP contribution < -0.4 is 5.73 Å². The highest BCUT2D eigenvalue weighted by atomic mass is 35.5. The van der Waals surface area contributed by atoms with E-state index in [0.29, 0.717) is 21.3 Å². The normalized spacial score (nSPS) is 10.5. The van der Waals surface area contributed by atoms with E-state index in [-0.39, 0.29) is 5.84 Å². The maximum absolute atomic E-state index is 7.53. The number of amidine groups is 1. The SMILES string of the molecule is Cc1nn(-c2ccc(Cl)cc2C(=N)N)cc1Cl. The summed E-state index contributed by atoms with van der Waals surface area (Å²) in [5, 5.41) is 12.9. The third-order valence-electron chi connectivity index (χ3n) is 2.33. The Kier molecular flexibility index (Phi) is 3.09. The largest absolute Gasteiger partial charge is 0.384 e. The van der Waals surface area contributed by atoms with Crippen molar-refractivity contribution in [1.29, 1.82) is 5.41 Å². The van der Waals surface area contributed by atoms with E-state index in [0.717, 1.165) is 5.69 Å². The Balaban J connectivity index is 2.62. The molecule has 0 bridgehead atoms. The average molecular weight is 269 g/mol. The summed E-state index contributed by atoms with van der Waals surface area (Å²) in [6.45, 7) is 1.81. The highest BCUT2D eigenvalue weighted by Gasteiger charge is 2.11. The van der Waals surface area contributed by atoms with E-state index in [2.05, 4.69) is 5.10 Å². The van der Waals surface area contributed by atoms with Crippen LogP contribution in [0, 0.1) is 12.3 Å². The molecule has 0 radical (unpaired) electrons. The van der Waals surface area contributed by atoms with Gasteiger partial charge in [-0.25, -0.2) is 4.68 Å². The Bertz CT molecular complexity index is 570. The fraction of sp³-hybridized carbons (Fsp3) is 0.0909. The van der Waals surface area contributed by atoms with Crippen LogP contribution in [0.4, 0.5) is 0 Å². The lowest BCUT2D eigenvalue weighted by Gasteiger charge is -2.08. The Morgan fingerprint density at radius 2 is 2.12 bits per heavy atom. The van der Waals surface area contributed by atoms with Gasteiger partial charge in [-0.3, -0.25) is 5.41 Å². The molecule has 0 spiro atoms. The Morgan fingerprint density at radius 3 is 2.65 bits per heavy atom. The molecule has 6 heteroatoms. The third kappa shape index (κ3) is 2.28. The van der Waals surface area contributed by atoms with Crippen LogP contribution in [0.1, 0.15) is 11.3 Å². The summed E-state index contributed by atoms with van der Waals surface area (Å²) in [5.41, 5.74) is 7.44. The van der Waals surface area contributed by atoms with Crippen molar-refractivity contribution in [3.8, 4) is 5.69 Å². The van der Waals surface area contributed by atoms with Gasteiger partial charge in [-0.15, -0.1) is 0 Å². The smallest absolute Gasteiger partial charge is 0.125 e. The van der Waals surface area contributed by atoms with Crippen molar-refractivity contribution in [2.45, 2.75) is 6.92 Å². The van der Waals surface area contributed by atoms with Crippen LogP contribution in [0.15, 0.2) is 24.4 Å². The second kappa shape index (κ2) is 4.39. The van der Waals surface area contributed by atoms with E-state index in [1.54, 1.807) is 29.1 Å². The summed E-state index contributed by atoms with van der Waals surface area (Å²) < 4.78 is 1.59. The highest BCUT2D eigenvalue weighted by Crippen LogP contribution is 2.22. The zero-order valence-corrected chi connectivity index (χ0v) is 10.5. The molecule has 0 aliphatic carbocycles. The predicted octanol–water partition coefficient (Wildman–Crippen LogP) is 2.77. The summed E-state index contributed by atoms with van der Waals surface area (Å²) in [7, 11) is 0. The molecule has 0 unspecified atom stereocenters. The minimum Gasteiger partial charge on any atom is -0.384 e. The number of nitrogens with two attached hydrogens (primary N) is 1. The molecule has 2 aromatic rings. The predicted molar refractivity (Wildman–Crippen MR) is 69.3 cm³/mol. The average Bonchev–Trinajstić information content (AvgIpc) is 2.59. The van der Waals surface area contributed by atoms with Gasteiger partial charge in [0.05, 0.1) is 16.4 Å². The molecular formula is C11H10Cl2N4. The van der Waals surface area contributed by atoms with Gasteiger partial charge in [-0.05, 0) is 25.1 Å². The minimum atomic E-state index is -0.0632. The first-order valence-corrected chi connectivity index (χ1v) is 5.60. The van der Waals surface area contributed by atoms with Gasteiger partial charge < -0.3 is 5.73 Å². The van der Waals surface area contributed by atoms with Gasteiger partial charge in [0.1, 0.15) is 5.84 Å². The fourth-order valence-corrected chi connectivity index (χ4v) is 1.79. The summed E-state index contributed by atoms with van der Waals surface area (Å²) >= 11 is 11.8. The van der Waals surface area contributed by atoms with E-state index in [4.69, 9.17) is 34.3 Å². The maximum Gasteiger partial charge on any atom is 0.125 e. The van der Waals surface area contributed by atoms with Crippen molar-refractivity contribution < 1.29 is 0 Å². The molecule has 3 N–H and O–H groups in total. The lowest BCUT2D eigenvalue weighted by atomic mass is 10.1. The summed E-state index contributed by atoms with van der Waals surface area (Å²) in [6, 6.07) is 5.10. The Hall–Kier alpha value is -1.52. The van der Waals surface area contributed by atoms with E-state index < -0.39 is 0 Å². The molecule has 2 rings (SSSR count). The van der Waals surface area contributed by atoms with Crippen LogP contribution in [-0.2, 0) is 0 Å². The van der Waals surface area contributed by atoms with Gasteiger partial charge in [0.2, 0.25) is 0 Å². The first-order chi connectivity index (χ1) is 7.99. The second-order valence-electron chi connectivity index (χ2n) is 3.58. The quantitative estimate of drug-likeness (QED) is 0.650. The number of nitrogen functional groups attached to an aromatic ring is 1. The van der Waals surface area contributed by atoms with Crippen molar-refractivity contribution in [3.63, 3.8) is 0 Å². The summed E-state index contributed by atoms with van der Waals surface area (Å²) in [4.78, 5) is 0. The first kappa shape index (κ1) is 12.0. The monoisotopic (exact) mass is 268 g/mol. The number of hydrogen-bond acceptors (Lipinski definition) is 2. The minimum absolute atomic E-state index is 0.0632. The van der Waals surface area contributed by atoms with Gasteiger partial charge in [-0.2, -0.15) is 5.10 Å². The van der Waals surface area contributed by atoms with E-state index in [1.165, 1.54) is 0 Å². The molecule has 0 amide bonds. The van der Waals surface area contributed by atoms with Crippen LogP contribution in [-0.4, -0.2) is 15.6 Å². The zero-order chi connectivity index (χ0) is 12.6. The van der Waals surface area contributed by atoms with Crippen LogP contribution >= 0.6 is 23.2 Å². The zero-order valence-electron chi connectivity index (χ0n) is 9.04. The molecule has 0 aliphatic rings. The second-order valence-corrected chi connectivity index (χ2v) is 4.43. The van der Waals surface area contributed by atoms with Gasteiger partial charge in [0.25, 0.3) is 0 Å². The van der Waals surface area contributed by atoms with Crippen LogP contribution in [0.2, 0.25) is 10.0 Å². The number of halogens is 2. The number of nitrogens with zero attached hydrogens (tertiary/aromatic N) is 2. The van der Waals surface area contributed by atoms with Crippen molar-refractivity contribution in [1.82, 2.24) is 9.78 Å². The van der Waals surface area contributed by atoms with Gasteiger partial charge in [0.15, 0.2) is 0 Å². The lowest BCUT2D eigenvalue weighted by Crippen LogP contribution is -2.15. The molecule has 0 saturated heterocycles. The van der Waals surface area contributed by atoms with Crippen LogP contribution in [0.25, 0.3) is 5.69 Å². The number of benzene rings is 1. The van der Waals surface area contributed by atoms with Gasteiger partial charge in [0, 0.05) is 16.8 Å². The standard InChI is InChI=1S/C11H10Cl2N4/c1-6-9(13)5-17(16-6)10-3-2-7(12)4-8(10)11(14)15/h2-5H,1H3,(H3,14,15). The van der Waals surface area contributed by atoms with Crippen molar-refractivity contribution in [3.05, 3.63) is 45.7 Å². The third-order valence-corrected chi connectivity index (χ3v) is 2.94. The van der Waals surface area contributed by atoms with Crippen molar-refractivity contribution >= 4 is 29.0 Å². The van der Waals surface area contributed by atoms with E-state index >= 15 is 0 Å². The van der Waals surface area contributed by atoms with E-state index in [1.807, 2.05) is 6.92 Å². The molecule has 0 aliphatic heterocycles. The van der Waals surface area contributed by atoms with Gasteiger partial charge in [-0.1, -0.05) is 23.2 Å². The molecule has 1 aromatic carbocycles. The highest BCUT2D eigenvalue weighted by molar-refractivity contribution is 6.31. The molecule has 4 nitrogen and oxygen atoms in total. The first-order valence-electron chi connectivity index (χ1n) is 4.85. The number of aryl methyl sites for hydroxylation is 1. The van der Waals surface area contributed by atoms with Crippen LogP contribution in [0.5, 0.6) is 0 Å². The number of rotatable bonds is 2. The molecule has 0 saturated carbocycles. The topological polar surface area (TPSA) is 67.7 Å². The fourth-order valence-electron chi connectivity index (χ4n) is 1.49. The molecule has 88 valence electrons. The van der Waals surface area contributed by atoms with E-state index in [9.17, 15) is 0 Å². The lowest BCUT2D eigenvalue weighted by molar-refractivity contribution is 0.860. The maximum atomic E-state index is 7.53. The Labute approximate surface area is 108 Å². The molecule has 17 heavy (non-hydrogen) atoms. The summed E-state index contributed by atoms with van der Waals surface area (Å²) in [6.07, 6.45) is 1.67. The number of aromatic nitrogens is 2. The van der Waals surface area contributed by atoms with Crippen molar-refractivity contribution in [2.75, 3.05) is 0 Å². The molecule has 0 fully saturated rings. The van der Waals surface area contributed by atoms with Crippen LogP contribution in [0.3, 0.4) is 0 Å². The number of nitrogens with one attached hydrogen (secondary N) is 1.